The second-order valence-corrected chi connectivity index (χ2v) is 8.74. The van der Waals surface area contributed by atoms with E-state index < -0.39 is 27.1 Å². The first-order valence-electron chi connectivity index (χ1n) is 9.74. The Labute approximate surface area is 178 Å². The van der Waals surface area contributed by atoms with Crippen molar-refractivity contribution in [2.75, 3.05) is 0 Å². The third-order valence-corrected chi connectivity index (χ3v) is 7.03. The molecule has 2 aromatic rings. The maximum absolute atomic E-state index is 12.8. The highest BCUT2D eigenvalue weighted by Crippen LogP contribution is 2.37. The largest absolute Gasteiger partial charge is 0.348 e. The van der Waals surface area contributed by atoms with E-state index in [9.17, 15) is 25.0 Å². The molecule has 158 valence electrons. The fourth-order valence-electron chi connectivity index (χ4n) is 3.73. The van der Waals surface area contributed by atoms with Crippen molar-refractivity contribution in [3.63, 3.8) is 0 Å². The number of nitro benzene ring substituents is 2. The van der Waals surface area contributed by atoms with Crippen LogP contribution in [0.15, 0.2) is 41.3 Å². The van der Waals surface area contributed by atoms with Crippen LogP contribution in [0.3, 0.4) is 0 Å². The minimum atomic E-state index is -0.732. The molecule has 0 aliphatic heterocycles. The minimum absolute atomic E-state index is 0.0719. The predicted molar refractivity (Wildman–Crippen MR) is 115 cm³/mol. The van der Waals surface area contributed by atoms with Gasteiger partial charge in [-0.3, -0.25) is 25.0 Å². The number of amides is 1. The molecular weight excluding hydrogens is 406 g/mol. The van der Waals surface area contributed by atoms with Gasteiger partial charge in [0.25, 0.3) is 17.3 Å². The van der Waals surface area contributed by atoms with Crippen LogP contribution in [0.25, 0.3) is 0 Å². The van der Waals surface area contributed by atoms with Crippen molar-refractivity contribution in [2.45, 2.75) is 55.7 Å². The van der Waals surface area contributed by atoms with E-state index in [4.69, 9.17) is 0 Å². The molecule has 1 aliphatic carbocycles. The van der Waals surface area contributed by atoms with E-state index in [0.717, 1.165) is 43.9 Å². The number of benzene rings is 2. The van der Waals surface area contributed by atoms with Crippen molar-refractivity contribution in [3.05, 3.63) is 73.3 Å². The molecule has 0 unspecified atom stereocenters. The van der Waals surface area contributed by atoms with Gasteiger partial charge in [-0.25, -0.2) is 0 Å². The Morgan fingerprint density at radius 3 is 2.13 bits per heavy atom. The lowest BCUT2D eigenvalue weighted by Gasteiger charge is -2.32. The Morgan fingerprint density at radius 1 is 1.00 bits per heavy atom. The van der Waals surface area contributed by atoms with Gasteiger partial charge in [-0.2, -0.15) is 0 Å². The molecule has 0 heterocycles. The van der Waals surface area contributed by atoms with Gasteiger partial charge in [0.2, 0.25) is 0 Å². The van der Waals surface area contributed by atoms with Crippen LogP contribution in [0.5, 0.6) is 0 Å². The molecule has 2 aromatic carbocycles. The number of nitrogens with zero attached hydrogens (tertiary/aromatic N) is 2. The minimum Gasteiger partial charge on any atom is -0.348 e. The number of thioether (sulfide) groups is 1. The van der Waals surface area contributed by atoms with Crippen LogP contribution in [0.2, 0.25) is 0 Å². The van der Waals surface area contributed by atoms with Crippen LogP contribution in [0, 0.1) is 34.1 Å². The van der Waals surface area contributed by atoms with Crippen molar-refractivity contribution in [2.24, 2.45) is 0 Å². The average molecular weight is 429 g/mol. The standard InChI is InChI=1S/C21H23N3O5S/c1-13-6-5-7-14(2)20(13)30-19-9-4-3-8-18(19)22-21(25)15-10-16(23(26)27)12-17(11-15)24(28)29/h5-7,10-12,18-19H,3-4,8-9H2,1-2H3,(H,22,25)/t18-,19-/m1/s1. The van der Waals surface area contributed by atoms with E-state index in [1.165, 1.54) is 16.0 Å². The molecule has 1 saturated carbocycles. The molecule has 2 atom stereocenters. The zero-order valence-corrected chi connectivity index (χ0v) is 17.6. The lowest BCUT2D eigenvalue weighted by Crippen LogP contribution is -2.43. The monoisotopic (exact) mass is 429 g/mol. The summed E-state index contributed by atoms with van der Waals surface area (Å²) in [5.74, 6) is -0.527. The maximum Gasteiger partial charge on any atom is 0.277 e. The van der Waals surface area contributed by atoms with E-state index in [1.54, 1.807) is 11.8 Å². The predicted octanol–water partition coefficient (Wildman–Crippen LogP) is 4.95. The summed E-state index contributed by atoms with van der Waals surface area (Å²) >= 11 is 1.75. The number of carbonyl (C=O) groups is 1. The summed E-state index contributed by atoms with van der Waals surface area (Å²) in [7, 11) is 0. The van der Waals surface area contributed by atoms with E-state index in [1.807, 2.05) is 6.07 Å². The number of aryl methyl sites for hydroxylation is 2. The molecule has 9 heteroatoms. The molecule has 3 rings (SSSR count). The van der Waals surface area contributed by atoms with E-state index in [2.05, 4.69) is 31.3 Å². The van der Waals surface area contributed by atoms with Gasteiger partial charge < -0.3 is 5.32 Å². The molecule has 30 heavy (non-hydrogen) atoms. The zero-order chi connectivity index (χ0) is 21.8. The first-order chi connectivity index (χ1) is 14.3. The molecule has 0 bridgehead atoms. The fourth-order valence-corrected chi connectivity index (χ4v) is 5.19. The van der Waals surface area contributed by atoms with E-state index >= 15 is 0 Å². The summed E-state index contributed by atoms with van der Waals surface area (Å²) in [5, 5.41) is 25.3. The van der Waals surface area contributed by atoms with Gasteiger partial charge in [-0.15, -0.1) is 11.8 Å². The van der Waals surface area contributed by atoms with Gasteiger partial charge in [-0.1, -0.05) is 31.0 Å². The number of hydrogen-bond acceptors (Lipinski definition) is 6. The van der Waals surface area contributed by atoms with Gasteiger partial charge in [0.1, 0.15) is 0 Å². The Kier molecular flexibility index (Phi) is 6.71. The van der Waals surface area contributed by atoms with Gasteiger partial charge in [0.05, 0.1) is 21.5 Å². The van der Waals surface area contributed by atoms with Crippen LogP contribution < -0.4 is 5.32 Å². The van der Waals surface area contributed by atoms with Gasteiger partial charge >= 0.3 is 0 Å². The fraction of sp³-hybridized carbons (Fsp3) is 0.381. The third-order valence-electron chi connectivity index (χ3n) is 5.28. The van der Waals surface area contributed by atoms with E-state index in [0.29, 0.717) is 0 Å². The molecule has 0 radical (unpaired) electrons. The van der Waals surface area contributed by atoms with Crippen LogP contribution >= 0.6 is 11.8 Å². The van der Waals surface area contributed by atoms with Crippen LogP contribution in [-0.2, 0) is 0 Å². The Balaban J connectivity index is 1.82. The summed E-state index contributed by atoms with van der Waals surface area (Å²) in [4.78, 5) is 34.8. The summed E-state index contributed by atoms with van der Waals surface area (Å²) < 4.78 is 0. The number of carbonyl (C=O) groups excluding carboxylic acids is 1. The molecule has 1 N–H and O–H groups in total. The SMILES string of the molecule is Cc1cccc(C)c1S[C@@H]1CCCC[C@H]1NC(=O)c1cc([N+](=O)[O-])cc([N+](=O)[O-])c1. The van der Waals surface area contributed by atoms with E-state index in [-0.39, 0.29) is 16.9 Å². The Hall–Kier alpha value is -2.94. The van der Waals surface area contributed by atoms with Crippen molar-refractivity contribution in [3.8, 4) is 0 Å². The Morgan fingerprint density at radius 2 is 1.57 bits per heavy atom. The smallest absolute Gasteiger partial charge is 0.277 e. The van der Waals surface area contributed by atoms with Gasteiger partial charge in [-0.05, 0) is 37.8 Å². The first kappa shape index (κ1) is 21.8. The lowest BCUT2D eigenvalue weighted by molar-refractivity contribution is -0.394. The second kappa shape index (κ2) is 9.25. The van der Waals surface area contributed by atoms with Crippen molar-refractivity contribution < 1.29 is 14.6 Å². The molecule has 1 aliphatic rings. The highest BCUT2D eigenvalue weighted by atomic mass is 32.2. The topological polar surface area (TPSA) is 115 Å². The highest BCUT2D eigenvalue weighted by molar-refractivity contribution is 8.00. The van der Waals surface area contributed by atoms with Crippen molar-refractivity contribution in [1.29, 1.82) is 0 Å². The third kappa shape index (κ3) is 4.96. The number of hydrogen-bond donors (Lipinski definition) is 1. The van der Waals surface area contributed by atoms with Crippen molar-refractivity contribution >= 4 is 29.0 Å². The van der Waals surface area contributed by atoms with Gasteiger partial charge in [0.15, 0.2) is 0 Å². The number of rotatable bonds is 6. The lowest BCUT2D eigenvalue weighted by atomic mass is 9.94. The number of nitro groups is 2. The molecular formula is C21H23N3O5S. The quantitative estimate of drug-likeness (QED) is 0.513. The summed E-state index contributed by atoms with van der Waals surface area (Å²) in [6.07, 6.45) is 3.78. The molecule has 8 nitrogen and oxygen atoms in total. The highest BCUT2D eigenvalue weighted by Gasteiger charge is 2.29. The zero-order valence-electron chi connectivity index (χ0n) is 16.8. The number of non-ortho nitro benzene ring substituents is 2. The molecule has 0 aromatic heterocycles. The molecule has 1 fully saturated rings. The van der Waals surface area contributed by atoms with Crippen LogP contribution in [0.1, 0.15) is 47.2 Å². The molecule has 0 spiro atoms. The van der Waals surface area contributed by atoms with Gasteiger partial charge in [0, 0.05) is 28.3 Å². The maximum atomic E-state index is 12.8. The molecule has 1 amide bonds. The normalized spacial score (nSPS) is 18.6. The summed E-state index contributed by atoms with van der Waals surface area (Å²) in [6.45, 7) is 4.13. The van der Waals surface area contributed by atoms with Crippen LogP contribution in [0.4, 0.5) is 11.4 Å². The Bertz CT molecular complexity index is 942. The van der Waals surface area contributed by atoms with Crippen LogP contribution in [-0.4, -0.2) is 27.0 Å². The first-order valence-corrected chi connectivity index (χ1v) is 10.6. The van der Waals surface area contributed by atoms with Crippen molar-refractivity contribution in [1.82, 2.24) is 5.32 Å². The summed E-state index contributed by atoms with van der Waals surface area (Å²) in [5.41, 5.74) is 1.35. The average Bonchev–Trinajstić information content (AvgIpc) is 2.71. The second-order valence-electron chi connectivity index (χ2n) is 7.49. The number of nitrogens with one attached hydrogen (secondary N) is 1. The molecule has 0 saturated heterocycles. The summed E-state index contributed by atoms with van der Waals surface area (Å²) in [6, 6.07) is 9.05.